The Morgan fingerprint density at radius 3 is 2.23 bits per heavy atom. The third kappa shape index (κ3) is 4.85. The lowest BCUT2D eigenvalue weighted by Gasteiger charge is -2.22. The van der Waals surface area contributed by atoms with Crippen molar-refractivity contribution >= 4 is 11.6 Å². The molecule has 0 N–H and O–H groups in total. The van der Waals surface area contributed by atoms with Gasteiger partial charge in [0.05, 0.1) is 12.8 Å². The summed E-state index contributed by atoms with van der Waals surface area (Å²) in [6.07, 6.45) is 3.94. The van der Waals surface area contributed by atoms with Crippen molar-refractivity contribution in [3.63, 3.8) is 0 Å². The van der Waals surface area contributed by atoms with E-state index in [4.69, 9.17) is 21.3 Å². The molecule has 3 aromatic rings. The molecule has 0 unspecified atom stereocenters. The molecule has 0 aliphatic heterocycles. The average Bonchev–Trinajstić information content (AvgIpc) is 2.73. The first-order chi connectivity index (χ1) is 14.5. The number of aromatic nitrogens is 1. The van der Waals surface area contributed by atoms with Crippen LogP contribution in [-0.4, -0.2) is 24.0 Å². The topological polar surface area (TPSA) is 25.4 Å². The summed E-state index contributed by atoms with van der Waals surface area (Å²) in [6, 6.07) is 14.5. The quantitative estimate of drug-likeness (QED) is 0.415. The van der Waals surface area contributed by atoms with Gasteiger partial charge in [0, 0.05) is 41.0 Å². The van der Waals surface area contributed by atoms with Crippen LogP contribution in [0.1, 0.15) is 41.7 Å². The van der Waals surface area contributed by atoms with Gasteiger partial charge in [0.1, 0.15) is 5.75 Å². The largest absolute Gasteiger partial charge is 0.496 e. The summed E-state index contributed by atoms with van der Waals surface area (Å²) in [5.41, 5.74) is 8.34. The minimum absolute atomic E-state index is 0.750. The van der Waals surface area contributed by atoms with E-state index in [1.54, 1.807) is 7.11 Å². The number of hydrogen-bond acceptors (Lipinski definition) is 3. The Balaban J connectivity index is 1.94. The first-order valence-corrected chi connectivity index (χ1v) is 10.9. The highest BCUT2D eigenvalue weighted by Crippen LogP contribution is 2.35. The molecule has 0 aliphatic rings. The number of aryl methyl sites for hydroxylation is 2. The number of methoxy groups -OCH3 is 1. The van der Waals surface area contributed by atoms with Crippen LogP contribution in [0.4, 0.5) is 0 Å². The van der Waals surface area contributed by atoms with Crippen LogP contribution >= 0.6 is 11.6 Å². The minimum atomic E-state index is 0.750. The van der Waals surface area contributed by atoms with Gasteiger partial charge >= 0.3 is 0 Å². The van der Waals surface area contributed by atoms with E-state index in [9.17, 15) is 0 Å². The molecule has 2 aromatic carbocycles. The second kappa shape index (κ2) is 10.1. The zero-order valence-corrected chi connectivity index (χ0v) is 19.4. The fourth-order valence-electron chi connectivity index (χ4n) is 4.14. The van der Waals surface area contributed by atoms with E-state index in [1.165, 1.54) is 22.3 Å². The lowest BCUT2D eigenvalue weighted by Crippen LogP contribution is -2.18. The summed E-state index contributed by atoms with van der Waals surface area (Å²) >= 11 is 6.13. The molecule has 0 amide bonds. The second-order valence-corrected chi connectivity index (χ2v) is 8.19. The zero-order chi connectivity index (χ0) is 21.7. The molecule has 0 bridgehead atoms. The Bertz CT molecular complexity index is 994. The zero-order valence-electron chi connectivity index (χ0n) is 18.6. The van der Waals surface area contributed by atoms with Crippen molar-refractivity contribution in [1.82, 2.24) is 9.88 Å². The molecular formula is C26H31ClN2O. The molecule has 3 nitrogen and oxygen atoms in total. The van der Waals surface area contributed by atoms with E-state index >= 15 is 0 Å². The van der Waals surface area contributed by atoms with Crippen molar-refractivity contribution in [3.05, 3.63) is 81.5 Å². The molecule has 0 radical (unpaired) electrons. The second-order valence-electron chi connectivity index (χ2n) is 7.75. The molecule has 0 fully saturated rings. The summed E-state index contributed by atoms with van der Waals surface area (Å²) in [5.74, 6) is 0.922. The van der Waals surface area contributed by atoms with Gasteiger partial charge in [-0.1, -0.05) is 55.8 Å². The molecule has 0 aliphatic carbocycles. The molecule has 0 saturated heterocycles. The summed E-state index contributed by atoms with van der Waals surface area (Å²) in [5, 5.41) is 0.765. The summed E-state index contributed by atoms with van der Waals surface area (Å²) in [4.78, 5) is 7.17. The number of halogens is 1. The van der Waals surface area contributed by atoms with Gasteiger partial charge < -0.3 is 4.74 Å². The molecule has 4 heteroatoms. The van der Waals surface area contributed by atoms with E-state index in [0.717, 1.165) is 53.5 Å². The maximum absolute atomic E-state index is 6.13. The highest BCUT2D eigenvalue weighted by atomic mass is 35.5. The van der Waals surface area contributed by atoms with Gasteiger partial charge in [0.25, 0.3) is 0 Å². The van der Waals surface area contributed by atoms with Gasteiger partial charge in [-0.3, -0.25) is 9.88 Å². The predicted octanol–water partition coefficient (Wildman–Crippen LogP) is 6.48. The first-order valence-electron chi connectivity index (χ1n) is 10.5. The fourth-order valence-corrected chi connectivity index (χ4v) is 4.35. The maximum Gasteiger partial charge on any atom is 0.129 e. The van der Waals surface area contributed by atoms with Gasteiger partial charge in [-0.05, 0) is 55.6 Å². The van der Waals surface area contributed by atoms with Crippen molar-refractivity contribution in [2.45, 2.75) is 46.7 Å². The van der Waals surface area contributed by atoms with Crippen LogP contribution in [0.5, 0.6) is 5.75 Å². The molecule has 0 saturated carbocycles. The molecule has 158 valence electrons. The van der Waals surface area contributed by atoms with Gasteiger partial charge in [0.15, 0.2) is 0 Å². The Morgan fingerprint density at radius 1 is 0.967 bits per heavy atom. The van der Waals surface area contributed by atoms with Crippen LogP contribution in [0.3, 0.4) is 0 Å². The van der Waals surface area contributed by atoms with Crippen molar-refractivity contribution in [1.29, 1.82) is 0 Å². The molecule has 0 atom stereocenters. The summed E-state index contributed by atoms with van der Waals surface area (Å²) < 4.78 is 5.87. The van der Waals surface area contributed by atoms with Crippen LogP contribution in [0.2, 0.25) is 5.02 Å². The van der Waals surface area contributed by atoms with Crippen LogP contribution in [0.25, 0.3) is 11.3 Å². The predicted molar refractivity (Wildman–Crippen MR) is 126 cm³/mol. The molecule has 1 heterocycles. The van der Waals surface area contributed by atoms with E-state index < -0.39 is 0 Å². The molecule has 3 rings (SSSR count). The monoisotopic (exact) mass is 422 g/mol. The number of hydrogen-bond donors (Lipinski definition) is 0. The highest BCUT2D eigenvalue weighted by Gasteiger charge is 2.18. The summed E-state index contributed by atoms with van der Waals surface area (Å²) in [7, 11) is 3.85. The van der Waals surface area contributed by atoms with Crippen molar-refractivity contribution < 1.29 is 4.74 Å². The SMILES string of the molecule is CCc1cccc(CC)c1-c1ncc(CN(C)Cc2cccc(Cl)c2)c(OC)c1C. The van der Waals surface area contributed by atoms with Gasteiger partial charge in [0.2, 0.25) is 0 Å². The average molecular weight is 423 g/mol. The lowest BCUT2D eigenvalue weighted by atomic mass is 9.92. The third-order valence-electron chi connectivity index (χ3n) is 5.56. The smallest absolute Gasteiger partial charge is 0.129 e. The Morgan fingerprint density at radius 2 is 1.63 bits per heavy atom. The van der Waals surface area contributed by atoms with Crippen molar-refractivity contribution in [2.75, 3.05) is 14.2 Å². The van der Waals surface area contributed by atoms with Gasteiger partial charge in [-0.25, -0.2) is 0 Å². The maximum atomic E-state index is 6.13. The first kappa shape index (κ1) is 22.3. The van der Waals surface area contributed by atoms with Crippen LogP contribution in [-0.2, 0) is 25.9 Å². The van der Waals surface area contributed by atoms with Crippen LogP contribution < -0.4 is 4.74 Å². The molecule has 1 aromatic heterocycles. The molecule has 30 heavy (non-hydrogen) atoms. The third-order valence-corrected chi connectivity index (χ3v) is 5.79. The van der Waals surface area contributed by atoms with E-state index in [0.29, 0.717) is 0 Å². The normalized spacial score (nSPS) is 11.2. The van der Waals surface area contributed by atoms with E-state index in [1.807, 2.05) is 24.4 Å². The number of rotatable bonds is 8. The van der Waals surface area contributed by atoms with Gasteiger partial charge in [-0.15, -0.1) is 0 Å². The Kier molecular flexibility index (Phi) is 7.52. The molecule has 0 spiro atoms. The highest BCUT2D eigenvalue weighted by molar-refractivity contribution is 6.30. The van der Waals surface area contributed by atoms with Gasteiger partial charge in [-0.2, -0.15) is 0 Å². The lowest BCUT2D eigenvalue weighted by molar-refractivity contribution is 0.309. The standard InChI is InChI=1S/C26H31ClN2O/c1-6-20-11-9-12-21(7-2)24(20)25-18(3)26(30-5)22(15-28-25)17-29(4)16-19-10-8-13-23(27)14-19/h8-15H,6-7,16-17H2,1-5H3. The van der Waals surface area contributed by atoms with Crippen LogP contribution in [0, 0.1) is 6.92 Å². The van der Waals surface area contributed by atoms with Crippen LogP contribution in [0.15, 0.2) is 48.7 Å². The number of benzene rings is 2. The van der Waals surface area contributed by atoms with Crippen molar-refractivity contribution in [3.8, 4) is 17.0 Å². The number of nitrogens with zero attached hydrogens (tertiary/aromatic N) is 2. The molecular weight excluding hydrogens is 392 g/mol. The van der Waals surface area contributed by atoms with E-state index in [2.05, 4.69) is 57.0 Å². The Hall–Kier alpha value is -2.36. The number of pyridine rings is 1. The summed E-state index contributed by atoms with van der Waals surface area (Å²) in [6.45, 7) is 8.07. The van der Waals surface area contributed by atoms with E-state index in [-0.39, 0.29) is 0 Å². The Labute approximate surface area is 185 Å². The number of ether oxygens (including phenoxy) is 1. The fraction of sp³-hybridized carbons (Fsp3) is 0.346. The van der Waals surface area contributed by atoms with Crippen molar-refractivity contribution in [2.24, 2.45) is 0 Å². The minimum Gasteiger partial charge on any atom is -0.496 e.